The van der Waals surface area contributed by atoms with Gasteiger partial charge >= 0.3 is 0 Å². The third-order valence-corrected chi connectivity index (χ3v) is 5.58. The van der Waals surface area contributed by atoms with Crippen LogP contribution in [0.2, 0.25) is 0 Å². The van der Waals surface area contributed by atoms with Crippen LogP contribution in [0.3, 0.4) is 0 Å². The molecule has 0 bridgehead atoms. The molecule has 6 nitrogen and oxygen atoms in total. The summed E-state index contributed by atoms with van der Waals surface area (Å²) in [5, 5.41) is 5.35. The minimum absolute atomic E-state index is 0.473. The molecule has 1 heterocycles. The lowest BCUT2D eigenvalue weighted by Gasteiger charge is -2.24. The molecule has 0 aliphatic heterocycles. The highest BCUT2D eigenvalue weighted by Gasteiger charge is 2.15. The molecular weight excluding hydrogens is 434 g/mol. The van der Waals surface area contributed by atoms with Gasteiger partial charge in [0.1, 0.15) is 17.3 Å². The van der Waals surface area contributed by atoms with Gasteiger partial charge in [-0.3, -0.25) is 0 Å². The van der Waals surface area contributed by atoms with Gasteiger partial charge in [-0.25, -0.2) is 10.4 Å². The molecule has 180 valence electrons. The van der Waals surface area contributed by atoms with E-state index in [4.69, 9.17) is 14.7 Å². The van der Waals surface area contributed by atoms with Gasteiger partial charge in [0.15, 0.2) is 0 Å². The molecule has 4 rings (SSSR count). The predicted molar refractivity (Wildman–Crippen MR) is 146 cm³/mol. The summed E-state index contributed by atoms with van der Waals surface area (Å²) < 4.78 is 6.16. The summed E-state index contributed by atoms with van der Waals surface area (Å²) in [5.41, 5.74) is 7.25. The Bertz CT molecular complexity index is 1310. The topological polar surface area (TPSA) is 62.6 Å². The van der Waals surface area contributed by atoms with E-state index in [1.807, 2.05) is 48.5 Å². The van der Waals surface area contributed by atoms with Gasteiger partial charge in [-0.2, -0.15) is 10.1 Å². The number of hydrazone groups is 1. The van der Waals surface area contributed by atoms with E-state index in [9.17, 15) is 0 Å². The number of rotatable bonds is 10. The van der Waals surface area contributed by atoms with Crippen LogP contribution in [0.25, 0.3) is 10.9 Å². The summed E-state index contributed by atoms with van der Waals surface area (Å²) in [6.07, 6.45) is 3.84. The number of benzene rings is 3. The number of aromatic nitrogens is 2. The fraction of sp³-hybridized carbons (Fsp3) is 0.276. The Hall–Kier alpha value is -3.93. The highest BCUT2D eigenvalue weighted by atomic mass is 16.5. The Morgan fingerprint density at radius 3 is 2.29 bits per heavy atom. The van der Waals surface area contributed by atoms with Gasteiger partial charge in [-0.15, -0.1) is 0 Å². The van der Waals surface area contributed by atoms with Crippen LogP contribution in [0, 0.1) is 13.8 Å². The van der Waals surface area contributed by atoms with Crippen molar-refractivity contribution in [1.29, 1.82) is 0 Å². The Morgan fingerprint density at radius 1 is 0.857 bits per heavy atom. The molecule has 0 fully saturated rings. The molecule has 1 N–H and O–H groups in total. The van der Waals surface area contributed by atoms with Crippen LogP contribution >= 0.6 is 0 Å². The highest BCUT2D eigenvalue weighted by molar-refractivity contribution is 5.92. The van der Waals surface area contributed by atoms with Crippen molar-refractivity contribution in [1.82, 2.24) is 9.97 Å². The SMILES string of the molecule is CCCN(CCC)c1nc(N/N=C/c2cccc(C)c2)nc2ccc(Oc3cccc(C)c3)cc12. The van der Waals surface area contributed by atoms with E-state index in [1.165, 1.54) is 5.56 Å². The number of nitrogens with zero attached hydrogens (tertiary/aromatic N) is 4. The monoisotopic (exact) mass is 467 g/mol. The van der Waals surface area contributed by atoms with Crippen LogP contribution in [-0.4, -0.2) is 29.3 Å². The normalized spacial score (nSPS) is 11.2. The van der Waals surface area contributed by atoms with E-state index in [0.717, 1.165) is 65.3 Å². The predicted octanol–water partition coefficient (Wildman–Crippen LogP) is 7.11. The minimum atomic E-state index is 0.473. The zero-order chi connectivity index (χ0) is 24.6. The average Bonchev–Trinajstić information content (AvgIpc) is 2.84. The summed E-state index contributed by atoms with van der Waals surface area (Å²) in [7, 11) is 0. The van der Waals surface area contributed by atoms with E-state index >= 15 is 0 Å². The second kappa shape index (κ2) is 11.5. The maximum Gasteiger partial charge on any atom is 0.246 e. The van der Waals surface area contributed by atoms with Crippen molar-refractivity contribution < 1.29 is 4.74 Å². The van der Waals surface area contributed by atoms with Crippen LogP contribution in [-0.2, 0) is 0 Å². The van der Waals surface area contributed by atoms with Crippen molar-refractivity contribution in [2.45, 2.75) is 40.5 Å². The Kier molecular flexibility index (Phi) is 7.93. The summed E-state index contributed by atoms with van der Waals surface area (Å²) in [6.45, 7) is 10.3. The third kappa shape index (κ3) is 6.35. The molecule has 0 atom stereocenters. The van der Waals surface area contributed by atoms with E-state index in [-0.39, 0.29) is 0 Å². The Balaban J connectivity index is 1.69. The van der Waals surface area contributed by atoms with Crippen molar-refractivity contribution in [2.24, 2.45) is 5.10 Å². The molecule has 0 unspecified atom stereocenters. The van der Waals surface area contributed by atoms with Gasteiger partial charge in [0.2, 0.25) is 5.95 Å². The van der Waals surface area contributed by atoms with Crippen LogP contribution in [0.15, 0.2) is 71.8 Å². The van der Waals surface area contributed by atoms with E-state index in [0.29, 0.717) is 5.95 Å². The second-order valence-corrected chi connectivity index (χ2v) is 8.74. The smallest absolute Gasteiger partial charge is 0.246 e. The van der Waals surface area contributed by atoms with Crippen molar-refractivity contribution in [3.8, 4) is 11.5 Å². The van der Waals surface area contributed by atoms with Gasteiger partial charge in [0, 0.05) is 18.5 Å². The first kappa shape index (κ1) is 24.2. The molecule has 0 saturated heterocycles. The lowest BCUT2D eigenvalue weighted by atomic mass is 10.2. The standard InChI is InChI=1S/C29H33N5O/c1-5-15-34(16-6-2)28-26-19-25(35-24-12-8-10-22(4)18-24)13-14-27(26)31-29(32-28)33-30-20-23-11-7-9-21(3)17-23/h7-14,17-20H,5-6,15-16H2,1-4H3,(H,31,32,33)/b30-20+. The van der Waals surface area contributed by atoms with Gasteiger partial charge in [0.05, 0.1) is 11.7 Å². The van der Waals surface area contributed by atoms with Gasteiger partial charge in [-0.05, 0) is 68.1 Å². The first-order valence-corrected chi connectivity index (χ1v) is 12.2. The molecule has 35 heavy (non-hydrogen) atoms. The van der Waals surface area contributed by atoms with Gasteiger partial charge in [0.25, 0.3) is 0 Å². The van der Waals surface area contributed by atoms with Crippen molar-refractivity contribution in [2.75, 3.05) is 23.4 Å². The largest absolute Gasteiger partial charge is 0.457 e. The van der Waals surface area contributed by atoms with Crippen LogP contribution in [0.5, 0.6) is 11.5 Å². The van der Waals surface area contributed by atoms with E-state index < -0.39 is 0 Å². The second-order valence-electron chi connectivity index (χ2n) is 8.74. The number of anilines is 2. The quantitative estimate of drug-likeness (QED) is 0.199. The first-order valence-electron chi connectivity index (χ1n) is 12.2. The molecule has 0 spiro atoms. The summed E-state index contributed by atoms with van der Waals surface area (Å²) >= 11 is 0. The molecular formula is C29H33N5O. The summed E-state index contributed by atoms with van der Waals surface area (Å²) in [4.78, 5) is 11.9. The number of hydrogen-bond acceptors (Lipinski definition) is 6. The molecule has 0 saturated carbocycles. The Morgan fingerprint density at radius 2 is 1.57 bits per heavy atom. The van der Waals surface area contributed by atoms with Crippen LogP contribution in [0.4, 0.5) is 11.8 Å². The average molecular weight is 468 g/mol. The maximum atomic E-state index is 6.16. The lowest BCUT2D eigenvalue weighted by molar-refractivity contribution is 0.483. The van der Waals surface area contributed by atoms with Crippen molar-refractivity contribution in [3.05, 3.63) is 83.4 Å². The Labute approximate surface area is 207 Å². The summed E-state index contributed by atoms with van der Waals surface area (Å²) in [5.74, 6) is 2.94. The zero-order valence-corrected chi connectivity index (χ0v) is 21.0. The maximum absolute atomic E-state index is 6.16. The number of fused-ring (bicyclic) bond motifs is 1. The highest BCUT2D eigenvalue weighted by Crippen LogP contribution is 2.31. The van der Waals surface area contributed by atoms with Gasteiger partial charge < -0.3 is 9.64 Å². The molecule has 0 radical (unpaired) electrons. The molecule has 0 aliphatic rings. The zero-order valence-electron chi connectivity index (χ0n) is 21.0. The summed E-state index contributed by atoms with van der Waals surface area (Å²) in [6, 6.07) is 22.2. The van der Waals surface area contributed by atoms with E-state index in [2.05, 4.69) is 61.3 Å². The van der Waals surface area contributed by atoms with Crippen LogP contribution in [0.1, 0.15) is 43.4 Å². The van der Waals surface area contributed by atoms with Crippen molar-refractivity contribution in [3.63, 3.8) is 0 Å². The minimum Gasteiger partial charge on any atom is -0.457 e. The fourth-order valence-electron chi connectivity index (χ4n) is 4.04. The molecule has 0 amide bonds. The van der Waals surface area contributed by atoms with Gasteiger partial charge in [-0.1, -0.05) is 55.8 Å². The first-order chi connectivity index (χ1) is 17.1. The molecule has 6 heteroatoms. The molecule has 3 aromatic carbocycles. The fourth-order valence-corrected chi connectivity index (χ4v) is 4.04. The molecule has 1 aromatic heterocycles. The number of aryl methyl sites for hydroxylation is 2. The third-order valence-electron chi connectivity index (χ3n) is 5.58. The number of ether oxygens (including phenoxy) is 1. The van der Waals surface area contributed by atoms with E-state index in [1.54, 1.807) is 6.21 Å². The number of hydrogen-bond donors (Lipinski definition) is 1. The number of nitrogens with one attached hydrogen (secondary N) is 1. The van der Waals surface area contributed by atoms with Crippen molar-refractivity contribution >= 4 is 28.9 Å². The molecule has 0 aliphatic carbocycles. The van der Waals surface area contributed by atoms with Crippen LogP contribution < -0.4 is 15.1 Å². The molecule has 4 aromatic rings. The lowest BCUT2D eigenvalue weighted by Crippen LogP contribution is -2.26.